The quantitative estimate of drug-likeness (QED) is 0.437. The number of nitrogens with one attached hydrogen (secondary N) is 1. The van der Waals surface area contributed by atoms with Crippen LogP contribution >= 0.6 is 0 Å². The standard InChI is InChI=1S/C24H26N6O/c1-3-4-6-11-22-25-17(2)14-23(31)30(22)16-18-12-13-20(19-9-7-5-8-10-19)21(15-18)24-26-28-29-27-24/h5,7-10,12-15H,3-4,6,11,16H2,1-2H3,(H,26,27,28,29). The lowest BCUT2D eigenvalue weighted by atomic mass is 9.97. The van der Waals surface area contributed by atoms with Crippen LogP contribution in [0, 0.1) is 6.92 Å². The maximum atomic E-state index is 12.8. The number of H-pyrrole nitrogens is 1. The molecular weight excluding hydrogens is 388 g/mol. The van der Waals surface area contributed by atoms with Gasteiger partial charge >= 0.3 is 0 Å². The Morgan fingerprint density at radius 3 is 2.58 bits per heavy atom. The summed E-state index contributed by atoms with van der Waals surface area (Å²) in [5.41, 5.74) is 4.69. The summed E-state index contributed by atoms with van der Waals surface area (Å²) < 4.78 is 1.78. The molecule has 2 aromatic carbocycles. The number of hydrogen-bond donors (Lipinski definition) is 1. The first-order valence-corrected chi connectivity index (χ1v) is 10.6. The zero-order chi connectivity index (χ0) is 21.6. The number of rotatable bonds is 8. The van der Waals surface area contributed by atoms with Gasteiger partial charge in [0.25, 0.3) is 5.56 Å². The van der Waals surface area contributed by atoms with Crippen molar-refractivity contribution in [2.75, 3.05) is 0 Å². The average Bonchev–Trinajstić information content (AvgIpc) is 3.31. The van der Waals surface area contributed by atoms with E-state index in [4.69, 9.17) is 0 Å². The molecule has 4 rings (SSSR count). The Morgan fingerprint density at radius 2 is 1.84 bits per heavy atom. The largest absolute Gasteiger partial charge is 0.292 e. The van der Waals surface area contributed by atoms with Gasteiger partial charge in [0.05, 0.1) is 6.54 Å². The lowest BCUT2D eigenvalue weighted by Crippen LogP contribution is -2.25. The number of hydrogen-bond acceptors (Lipinski definition) is 5. The predicted molar refractivity (Wildman–Crippen MR) is 121 cm³/mol. The lowest BCUT2D eigenvalue weighted by Gasteiger charge is -2.15. The molecule has 0 radical (unpaired) electrons. The highest BCUT2D eigenvalue weighted by Gasteiger charge is 2.14. The van der Waals surface area contributed by atoms with Gasteiger partial charge in [-0.25, -0.2) is 4.98 Å². The van der Waals surface area contributed by atoms with E-state index in [2.05, 4.69) is 50.7 Å². The van der Waals surface area contributed by atoms with Gasteiger partial charge in [-0.1, -0.05) is 62.2 Å². The van der Waals surface area contributed by atoms with E-state index in [0.717, 1.165) is 59.5 Å². The minimum absolute atomic E-state index is 0.0211. The minimum atomic E-state index is -0.0211. The van der Waals surface area contributed by atoms with Gasteiger partial charge in [0.1, 0.15) is 5.82 Å². The molecule has 0 bridgehead atoms. The maximum absolute atomic E-state index is 12.8. The molecule has 2 aromatic heterocycles. The van der Waals surface area contributed by atoms with E-state index in [1.807, 2.05) is 37.3 Å². The second-order valence-corrected chi connectivity index (χ2v) is 7.68. The minimum Gasteiger partial charge on any atom is -0.292 e. The molecule has 0 atom stereocenters. The number of aromatic nitrogens is 6. The smallest absolute Gasteiger partial charge is 0.254 e. The van der Waals surface area contributed by atoms with Crippen LogP contribution in [-0.2, 0) is 13.0 Å². The summed E-state index contributed by atoms with van der Waals surface area (Å²) in [5.74, 6) is 1.37. The van der Waals surface area contributed by atoms with Crippen molar-refractivity contribution in [2.24, 2.45) is 0 Å². The van der Waals surface area contributed by atoms with Crippen molar-refractivity contribution in [3.8, 4) is 22.5 Å². The fourth-order valence-electron chi connectivity index (χ4n) is 3.78. The van der Waals surface area contributed by atoms with Crippen molar-refractivity contribution in [3.63, 3.8) is 0 Å². The topological polar surface area (TPSA) is 89.4 Å². The Morgan fingerprint density at radius 1 is 1.00 bits per heavy atom. The molecule has 0 spiro atoms. The third kappa shape index (κ3) is 4.77. The maximum Gasteiger partial charge on any atom is 0.254 e. The van der Waals surface area contributed by atoms with E-state index < -0.39 is 0 Å². The molecule has 0 unspecified atom stereocenters. The average molecular weight is 415 g/mol. The van der Waals surface area contributed by atoms with Crippen molar-refractivity contribution in [1.29, 1.82) is 0 Å². The molecule has 0 fully saturated rings. The van der Waals surface area contributed by atoms with Gasteiger partial charge in [-0.05, 0) is 41.3 Å². The number of nitrogens with zero attached hydrogens (tertiary/aromatic N) is 5. The molecule has 2 heterocycles. The molecule has 0 amide bonds. The van der Waals surface area contributed by atoms with E-state index in [9.17, 15) is 4.79 Å². The molecular formula is C24H26N6O. The highest BCUT2D eigenvalue weighted by molar-refractivity contribution is 5.80. The van der Waals surface area contributed by atoms with Crippen LogP contribution < -0.4 is 5.56 Å². The van der Waals surface area contributed by atoms with Crippen LogP contribution in [0.5, 0.6) is 0 Å². The summed E-state index contributed by atoms with van der Waals surface area (Å²) in [6.07, 6.45) is 4.07. The van der Waals surface area contributed by atoms with Gasteiger partial charge in [-0.3, -0.25) is 9.36 Å². The van der Waals surface area contributed by atoms with Crippen LogP contribution in [0.2, 0.25) is 0 Å². The fraction of sp³-hybridized carbons (Fsp3) is 0.292. The van der Waals surface area contributed by atoms with Gasteiger partial charge in [0.15, 0.2) is 0 Å². The van der Waals surface area contributed by atoms with E-state index in [1.54, 1.807) is 10.6 Å². The summed E-state index contributed by atoms with van der Waals surface area (Å²) in [4.78, 5) is 17.4. The molecule has 0 aliphatic rings. The molecule has 0 aliphatic carbocycles. The number of unbranched alkanes of at least 4 members (excludes halogenated alkanes) is 2. The third-order valence-corrected chi connectivity index (χ3v) is 5.32. The van der Waals surface area contributed by atoms with Crippen molar-refractivity contribution in [2.45, 2.75) is 46.1 Å². The molecule has 1 N–H and O–H groups in total. The van der Waals surface area contributed by atoms with E-state index >= 15 is 0 Å². The van der Waals surface area contributed by atoms with E-state index in [0.29, 0.717) is 12.4 Å². The van der Waals surface area contributed by atoms with Crippen LogP contribution in [0.15, 0.2) is 59.4 Å². The molecule has 4 aromatic rings. The van der Waals surface area contributed by atoms with E-state index in [-0.39, 0.29) is 5.56 Å². The van der Waals surface area contributed by atoms with Crippen molar-refractivity contribution in [1.82, 2.24) is 30.2 Å². The normalized spacial score (nSPS) is 11.0. The third-order valence-electron chi connectivity index (χ3n) is 5.32. The van der Waals surface area contributed by atoms with Crippen molar-refractivity contribution < 1.29 is 0 Å². The Bertz CT molecular complexity index is 1200. The molecule has 7 heteroatoms. The highest BCUT2D eigenvalue weighted by Crippen LogP contribution is 2.31. The van der Waals surface area contributed by atoms with Crippen LogP contribution in [0.4, 0.5) is 0 Å². The van der Waals surface area contributed by atoms with Crippen LogP contribution in [0.25, 0.3) is 22.5 Å². The number of tetrazole rings is 1. The molecule has 0 aliphatic heterocycles. The SMILES string of the molecule is CCCCCc1nc(C)cc(=O)n1Cc1ccc(-c2ccccc2)c(-c2nn[nH]n2)c1. The summed E-state index contributed by atoms with van der Waals surface area (Å²) in [6, 6.07) is 17.8. The first-order chi connectivity index (χ1) is 15.2. The Balaban J connectivity index is 1.74. The first-order valence-electron chi connectivity index (χ1n) is 10.6. The Hall–Kier alpha value is -3.61. The van der Waals surface area contributed by atoms with Crippen LogP contribution in [0.3, 0.4) is 0 Å². The summed E-state index contributed by atoms with van der Waals surface area (Å²) in [5, 5.41) is 14.6. The molecule has 158 valence electrons. The van der Waals surface area contributed by atoms with Gasteiger partial charge in [0.2, 0.25) is 5.82 Å². The number of benzene rings is 2. The van der Waals surface area contributed by atoms with E-state index in [1.165, 1.54) is 0 Å². The van der Waals surface area contributed by atoms with Crippen LogP contribution in [-0.4, -0.2) is 30.2 Å². The Labute approximate surface area is 181 Å². The zero-order valence-electron chi connectivity index (χ0n) is 17.9. The lowest BCUT2D eigenvalue weighted by molar-refractivity contribution is 0.617. The van der Waals surface area contributed by atoms with Crippen LogP contribution in [0.1, 0.15) is 43.3 Å². The molecule has 0 saturated heterocycles. The zero-order valence-corrected chi connectivity index (χ0v) is 17.9. The number of aryl methyl sites for hydroxylation is 2. The second-order valence-electron chi connectivity index (χ2n) is 7.68. The molecule has 7 nitrogen and oxygen atoms in total. The van der Waals surface area contributed by atoms with Gasteiger partial charge in [-0.15, -0.1) is 10.2 Å². The highest BCUT2D eigenvalue weighted by atomic mass is 16.1. The predicted octanol–water partition coefficient (Wildman–Crippen LogP) is 4.18. The van der Waals surface area contributed by atoms with Gasteiger partial charge < -0.3 is 0 Å². The summed E-state index contributed by atoms with van der Waals surface area (Å²) >= 11 is 0. The number of aromatic amines is 1. The first kappa shape index (κ1) is 20.7. The Kier molecular flexibility index (Phi) is 6.31. The summed E-state index contributed by atoms with van der Waals surface area (Å²) in [7, 11) is 0. The van der Waals surface area contributed by atoms with Crippen molar-refractivity contribution in [3.05, 3.63) is 82.0 Å². The summed E-state index contributed by atoms with van der Waals surface area (Å²) in [6.45, 7) is 4.50. The molecule has 0 saturated carbocycles. The van der Waals surface area contributed by atoms with Gasteiger partial charge in [-0.2, -0.15) is 5.21 Å². The van der Waals surface area contributed by atoms with Crippen molar-refractivity contribution >= 4 is 0 Å². The monoisotopic (exact) mass is 414 g/mol. The fourth-order valence-corrected chi connectivity index (χ4v) is 3.78. The second kappa shape index (κ2) is 9.47. The molecule has 31 heavy (non-hydrogen) atoms. The van der Waals surface area contributed by atoms with Gasteiger partial charge in [0, 0.05) is 23.7 Å².